The van der Waals surface area contributed by atoms with E-state index in [9.17, 15) is 0 Å². The molecule has 224 valence electrons. The highest BCUT2D eigenvalue weighted by Gasteiger charge is 2.30. The number of aryl methyl sites for hydroxylation is 2. The van der Waals surface area contributed by atoms with E-state index in [0.29, 0.717) is 6.67 Å². The van der Waals surface area contributed by atoms with Crippen LogP contribution in [-0.2, 0) is 5.41 Å². The predicted octanol–water partition coefficient (Wildman–Crippen LogP) is 10.5. The first-order valence-electron chi connectivity index (χ1n) is 15.5. The van der Waals surface area contributed by atoms with Gasteiger partial charge >= 0.3 is 0 Å². The Balaban J connectivity index is 1.24. The summed E-state index contributed by atoms with van der Waals surface area (Å²) in [7, 11) is 0. The second-order valence-corrected chi connectivity index (χ2v) is 12.8. The Morgan fingerprint density at radius 2 is 1.24 bits per heavy atom. The van der Waals surface area contributed by atoms with E-state index < -0.39 is 0 Å². The molecule has 45 heavy (non-hydrogen) atoms. The first-order chi connectivity index (χ1) is 21.7. The number of aromatic nitrogens is 2. The van der Waals surface area contributed by atoms with Crippen molar-refractivity contribution in [3.8, 4) is 28.3 Å². The van der Waals surface area contributed by atoms with E-state index in [2.05, 4.69) is 146 Å². The summed E-state index contributed by atoms with van der Waals surface area (Å²) in [5.41, 5.74) is 11.5. The highest BCUT2D eigenvalue weighted by Crippen LogP contribution is 2.48. The van der Waals surface area contributed by atoms with Crippen LogP contribution in [0.4, 0.5) is 22.7 Å². The molecular weight excluding hydrogens is 552 g/mol. The molecule has 0 unspecified atom stereocenters. The van der Waals surface area contributed by atoms with Crippen LogP contribution >= 0.6 is 0 Å². The zero-order chi connectivity index (χ0) is 31.1. The van der Waals surface area contributed by atoms with E-state index >= 15 is 0 Å². The van der Waals surface area contributed by atoms with Crippen LogP contribution in [0.1, 0.15) is 37.7 Å². The quantitative estimate of drug-likeness (QED) is 0.193. The number of hydrogen-bond acceptors (Lipinski definition) is 4. The zero-order valence-electron chi connectivity index (χ0n) is 26.5. The molecule has 5 nitrogen and oxygen atoms in total. The summed E-state index contributed by atoms with van der Waals surface area (Å²) in [5.74, 6) is 1.56. The third-order valence-corrected chi connectivity index (χ3v) is 8.42. The van der Waals surface area contributed by atoms with Crippen molar-refractivity contribution in [1.82, 2.24) is 9.78 Å². The lowest BCUT2D eigenvalue weighted by atomic mass is 9.85. The highest BCUT2D eigenvalue weighted by atomic mass is 16.5. The maximum atomic E-state index is 6.44. The molecule has 5 heteroatoms. The normalized spacial score (nSPS) is 12.8. The van der Waals surface area contributed by atoms with Crippen LogP contribution in [0.25, 0.3) is 16.8 Å². The minimum atomic E-state index is 0.0286. The van der Waals surface area contributed by atoms with E-state index in [1.165, 1.54) is 33.8 Å². The van der Waals surface area contributed by atoms with Gasteiger partial charge in [-0.1, -0.05) is 87.5 Å². The van der Waals surface area contributed by atoms with Crippen LogP contribution in [0.5, 0.6) is 11.5 Å². The van der Waals surface area contributed by atoms with Gasteiger partial charge in [-0.05, 0) is 78.9 Å². The lowest BCUT2D eigenvalue weighted by Crippen LogP contribution is -2.25. The molecule has 0 amide bonds. The largest absolute Gasteiger partial charge is 0.457 e. The summed E-state index contributed by atoms with van der Waals surface area (Å²) >= 11 is 0. The average molecular weight is 591 g/mol. The minimum Gasteiger partial charge on any atom is -0.457 e. The maximum absolute atomic E-state index is 6.44. The number of para-hydroxylation sites is 2. The Morgan fingerprint density at radius 3 is 1.91 bits per heavy atom. The fraction of sp³-hybridized carbons (Fsp3) is 0.175. The zero-order valence-corrected chi connectivity index (χ0v) is 26.5. The Hall–Kier alpha value is -5.29. The van der Waals surface area contributed by atoms with Crippen molar-refractivity contribution in [2.24, 2.45) is 0 Å². The van der Waals surface area contributed by atoms with Gasteiger partial charge in [0, 0.05) is 29.1 Å². The molecule has 0 atom stereocenters. The molecule has 2 heterocycles. The van der Waals surface area contributed by atoms with Gasteiger partial charge in [0.2, 0.25) is 0 Å². The Kier molecular flexibility index (Phi) is 7.17. The van der Waals surface area contributed by atoms with Gasteiger partial charge in [-0.3, -0.25) is 0 Å². The van der Waals surface area contributed by atoms with E-state index in [0.717, 1.165) is 34.3 Å². The van der Waals surface area contributed by atoms with Crippen molar-refractivity contribution in [3.05, 3.63) is 144 Å². The third kappa shape index (κ3) is 5.58. The average Bonchev–Trinajstić information content (AvgIpc) is 3.60. The van der Waals surface area contributed by atoms with Crippen molar-refractivity contribution < 1.29 is 4.74 Å². The number of hydrogen-bond donors (Lipinski definition) is 0. The van der Waals surface area contributed by atoms with Crippen LogP contribution in [0, 0.1) is 13.8 Å². The minimum absolute atomic E-state index is 0.0286. The summed E-state index contributed by atoms with van der Waals surface area (Å²) in [6.45, 7) is 11.6. The number of benzene rings is 5. The van der Waals surface area contributed by atoms with Crippen LogP contribution in [0.3, 0.4) is 0 Å². The first-order valence-corrected chi connectivity index (χ1v) is 15.5. The van der Waals surface area contributed by atoms with Crippen LogP contribution in [0.15, 0.2) is 127 Å². The molecule has 0 spiro atoms. The van der Waals surface area contributed by atoms with E-state index in [1.807, 2.05) is 35.9 Å². The van der Waals surface area contributed by atoms with Gasteiger partial charge in [0.15, 0.2) is 0 Å². The Bertz CT molecular complexity index is 1990. The summed E-state index contributed by atoms with van der Waals surface area (Å²) in [4.78, 5) is 4.81. The molecule has 0 N–H and O–H groups in total. The van der Waals surface area contributed by atoms with E-state index in [-0.39, 0.29) is 5.41 Å². The molecule has 0 saturated heterocycles. The monoisotopic (exact) mass is 590 g/mol. The maximum Gasteiger partial charge on any atom is 0.129 e. The van der Waals surface area contributed by atoms with Crippen molar-refractivity contribution >= 4 is 22.7 Å². The van der Waals surface area contributed by atoms with Gasteiger partial charge < -0.3 is 14.5 Å². The summed E-state index contributed by atoms with van der Waals surface area (Å²) in [6, 6.07) is 44.8. The summed E-state index contributed by atoms with van der Waals surface area (Å²) < 4.78 is 8.39. The fourth-order valence-corrected chi connectivity index (χ4v) is 6.14. The molecule has 5 aromatic carbocycles. The lowest BCUT2D eigenvalue weighted by molar-refractivity contribution is 0.482. The van der Waals surface area contributed by atoms with Gasteiger partial charge in [0.25, 0.3) is 0 Å². The van der Waals surface area contributed by atoms with Crippen molar-refractivity contribution in [3.63, 3.8) is 0 Å². The number of ether oxygens (including phenoxy) is 1. The van der Waals surface area contributed by atoms with E-state index in [4.69, 9.17) is 4.74 Å². The second kappa shape index (κ2) is 11.3. The Labute approximate surface area is 266 Å². The smallest absolute Gasteiger partial charge is 0.129 e. The Morgan fingerprint density at radius 1 is 0.600 bits per heavy atom. The highest BCUT2D eigenvalue weighted by molar-refractivity contribution is 5.92. The molecule has 0 fully saturated rings. The molecule has 1 aliphatic heterocycles. The van der Waals surface area contributed by atoms with Crippen molar-refractivity contribution in [2.45, 2.75) is 40.0 Å². The molecule has 6 aromatic rings. The van der Waals surface area contributed by atoms with E-state index in [1.54, 1.807) is 0 Å². The van der Waals surface area contributed by atoms with Gasteiger partial charge in [0.1, 0.15) is 18.2 Å². The SMILES string of the molecule is Cc1cc(C)n(-c2cccc(Oc3cccc(N4CN(c5cc(C(C)(C)C)ccc5-c5ccccc5)c5ccccc54)c3)c2)n1. The predicted molar refractivity (Wildman–Crippen MR) is 186 cm³/mol. The molecule has 0 saturated carbocycles. The second-order valence-electron chi connectivity index (χ2n) is 12.8. The number of rotatable bonds is 6. The molecule has 7 rings (SSSR count). The number of fused-ring (bicyclic) bond motifs is 1. The molecule has 0 radical (unpaired) electrons. The number of anilines is 4. The van der Waals surface area contributed by atoms with Crippen LogP contribution < -0.4 is 14.5 Å². The standard InChI is InChI=1S/C40H38N4O/c1-28-23-29(2)44(41-28)33-16-12-18-35(26-33)45-34-17-11-15-32(25-34)42-27-43(38-20-10-9-19-37(38)42)39-24-31(40(3,4)5)21-22-36(39)30-13-7-6-8-14-30/h6-26H,27H2,1-5H3. The van der Waals surface area contributed by atoms with Gasteiger partial charge in [-0.15, -0.1) is 0 Å². The van der Waals surface area contributed by atoms with Gasteiger partial charge in [-0.2, -0.15) is 5.10 Å². The molecule has 1 aromatic heterocycles. The number of nitrogens with zero attached hydrogens (tertiary/aromatic N) is 4. The fourth-order valence-electron chi connectivity index (χ4n) is 6.14. The van der Waals surface area contributed by atoms with Gasteiger partial charge in [0.05, 0.1) is 28.4 Å². The molecule has 0 aliphatic carbocycles. The van der Waals surface area contributed by atoms with Crippen molar-refractivity contribution in [2.75, 3.05) is 16.5 Å². The summed E-state index contributed by atoms with van der Waals surface area (Å²) in [5, 5.41) is 4.64. The van der Waals surface area contributed by atoms with Crippen LogP contribution in [0.2, 0.25) is 0 Å². The third-order valence-electron chi connectivity index (χ3n) is 8.42. The topological polar surface area (TPSA) is 33.5 Å². The molecule has 1 aliphatic rings. The first kappa shape index (κ1) is 28.5. The van der Waals surface area contributed by atoms with Crippen molar-refractivity contribution in [1.29, 1.82) is 0 Å². The molecule has 0 bridgehead atoms. The lowest BCUT2D eigenvalue weighted by Gasteiger charge is -2.27. The summed E-state index contributed by atoms with van der Waals surface area (Å²) in [6.07, 6.45) is 0. The van der Waals surface area contributed by atoms with Gasteiger partial charge in [-0.25, -0.2) is 4.68 Å². The van der Waals surface area contributed by atoms with Crippen LogP contribution in [-0.4, -0.2) is 16.4 Å². The molecular formula is C40H38N4O.